The lowest BCUT2D eigenvalue weighted by Gasteiger charge is -2.26. The van der Waals surface area contributed by atoms with Gasteiger partial charge in [-0.25, -0.2) is 0 Å². The van der Waals surface area contributed by atoms with E-state index in [2.05, 4.69) is 10.2 Å². The zero-order valence-corrected chi connectivity index (χ0v) is 13.6. The maximum absolute atomic E-state index is 12.4. The fourth-order valence-electron chi connectivity index (χ4n) is 2.59. The van der Waals surface area contributed by atoms with Crippen LogP contribution in [0.25, 0.3) is 0 Å². The van der Waals surface area contributed by atoms with Crippen molar-refractivity contribution in [3.05, 3.63) is 64.7 Å². The Labute approximate surface area is 141 Å². The predicted octanol–water partition coefficient (Wildman–Crippen LogP) is 3.42. The third-order valence-electron chi connectivity index (χ3n) is 3.82. The van der Waals surface area contributed by atoms with Crippen molar-refractivity contribution < 1.29 is 9.53 Å². The van der Waals surface area contributed by atoms with Crippen molar-refractivity contribution in [2.45, 2.75) is 6.54 Å². The molecule has 0 saturated carbocycles. The predicted molar refractivity (Wildman–Crippen MR) is 91.9 cm³/mol. The van der Waals surface area contributed by atoms with Crippen LogP contribution in [0.5, 0.6) is 0 Å². The Morgan fingerprint density at radius 3 is 2.70 bits per heavy atom. The van der Waals surface area contributed by atoms with Crippen molar-refractivity contribution in [3.8, 4) is 0 Å². The van der Waals surface area contributed by atoms with Gasteiger partial charge in [-0.1, -0.05) is 35.9 Å². The highest BCUT2D eigenvalue weighted by Crippen LogP contribution is 2.21. The number of para-hydroxylation sites is 1. The summed E-state index contributed by atoms with van der Waals surface area (Å²) in [4.78, 5) is 14.7. The summed E-state index contributed by atoms with van der Waals surface area (Å²) < 4.78 is 5.36. The second-order valence-electron chi connectivity index (χ2n) is 5.52. The van der Waals surface area contributed by atoms with Crippen LogP contribution < -0.4 is 5.32 Å². The first-order valence-electron chi connectivity index (χ1n) is 7.67. The summed E-state index contributed by atoms with van der Waals surface area (Å²) in [5.74, 6) is -0.151. The summed E-state index contributed by atoms with van der Waals surface area (Å²) >= 11 is 6.08. The van der Waals surface area contributed by atoms with Gasteiger partial charge in [-0.3, -0.25) is 9.69 Å². The van der Waals surface area contributed by atoms with Crippen LogP contribution in [0.15, 0.2) is 48.5 Å². The molecule has 1 saturated heterocycles. The molecule has 1 N–H and O–H groups in total. The molecule has 3 rings (SSSR count). The van der Waals surface area contributed by atoms with Gasteiger partial charge in [-0.15, -0.1) is 0 Å². The van der Waals surface area contributed by atoms with Crippen LogP contribution in [0.3, 0.4) is 0 Å². The van der Waals surface area contributed by atoms with E-state index in [1.165, 1.54) is 0 Å². The monoisotopic (exact) mass is 330 g/mol. The Kier molecular flexibility index (Phi) is 5.28. The highest BCUT2D eigenvalue weighted by Gasteiger charge is 2.13. The molecule has 0 atom stereocenters. The quantitative estimate of drug-likeness (QED) is 0.934. The average molecular weight is 331 g/mol. The molecule has 0 bridgehead atoms. The summed E-state index contributed by atoms with van der Waals surface area (Å²) in [5, 5.41) is 3.39. The van der Waals surface area contributed by atoms with Crippen molar-refractivity contribution in [1.29, 1.82) is 0 Å². The van der Waals surface area contributed by atoms with Crippen molar-refractivity contribution in [2.75, 3.05) is 31.6 Å². The lowest BCUT2D eigenvalue weighted by Crippen LogP contribution is -2.35. The Morgan fingerprint density at radius 2 is 1.91 bits per heavy atom. The number of rotatable bonds is 4. The number of hydrogen-bond donors (Lipinski definition) is 1. The normalized spacial score (nSPS) is 15.3. The van der Waals surface area contributed by atoms with Crippen LogP contribution in [-0.4, -0.2) is 37.1 Å². The summed E-state index contributed by atoms with van der Waals surface area (Å²) in [7, 11) is 0. The number of amides is 1. The topological polar surface area (TPSA) is 41.6 Å². The van der Waals surface area contributed by atoms with Gasteiger partial charge >= 0.3 is 0 Å². The van der Waals surface area contributed by atoms with Crippen LogP contribution in [0.2, 0.25) is 5.02 Å². The molecule has 1 aliphatic rings. The van der Waals surface area contributed by atoms with Gasteiger partial charge in [0.1, 0.15) is 0 Å². The number of nitrogens with zero attached hydrogens (tertiary/aromatic N) is 1. The molecule has 23 heavy (non-hydrogen) atoms. The van der Waals surface area contributed by atoms with E-state index in [1.807, 2.05) is 36.4 Å². The molecule has 0 aliphatic carbocycles. The lowest BCUT2D eigenvalue weighted by molar-refractivity contribution is 0.0342. The fraction of sp³-hybridized carbons (Fsp3) is 0.278. The van der Waals surface area contributed by atoms with E-state index in [0.717, 1.165) is 38.4 Å². The van der Waals surface area contributed by atoms with Crippen LogP contribution in [-0.2, 0) is 11.3 Å². The standard InChI is InChI=1S/C18H19ClN2O2/c19-16-6-1-2-7-17(16)20-18(22)15-5-3-4-14(12-15)13-21-8-10-23-11-9-21/h1-7,12H,8-11,13H2,(H,20,22). The largest absolute Gasteiger partial charge is 0.379 e. The Morgan fingerprint density at radius 1 is 1.13 bits per heavy atom. The van der Waals surface area contributed by atoms with E-state index in [0.29, 0.717) is 16.3 Å². The molecule has 0 aromatic heterocycles. The molecule has 5 heteroatoms. The lowest BCUT2D eigenvalue weighted by atomic mass is 10.1. The first-order chi connectivity index (χ1) is 11.2. The summed E-state index contributed by atoms with van der Waals surface area (Å²) in [5.41, 5.74) is 2.38. The first-order valence-corrected chi connectivity index (χ1v) is 8.05. The van der Waals surface area contributed by atoms with Gasteiger partial charge in [0.15, 0.2) is 0 Å². The Bertz CT molecular complexity index is 684. The second kappa shape index (κ2) is 7.59. The van der Waals surface area contributed by atoms with E-state index in [-0.39, 0.29) is 5.91 Å². The Balaban J connectivity index is 1.69. The number of halogens is 1. The number of hydrogen-bond acceptors (Lipinski definition) is 3. The van der Waals surface area contributed by atoms with Gasteiger partial charge in [0.2, 0.25) is 0 Å². The molecule has 1 heterocycles. The van der Waals surface area contributed by atoms with E-state index < -0.39 is 0 Å². The maximum Gasteiger partial charge on any atom is 0.255 e. The summed E-state index contributed by atoms with van der Waals surface area (Å²) in [6.45, 7) is 4.22. The minimum Gasteiger partial charge on any atom is -0.379 e. The zero-order valence-electron chi connectivity index (χ0n) is 12.8. The zero-order chi connectivity index (χ0) is 16.1. The molecule has 2 aromatic rings. The van der Waals surface area contributed by atoms with Gasteiger partial charge in [0, 0.05) is 25.2 Å². The SMILES string of the molecule is O=C(Nc1ccccc1Cl)c1cccc(CN2CCOCC2)c1. The number of morpholine rings is 1. The minimum absolute atomic E-state index is 0.151. The first kappa shape index (κ1) is 16.0. The number of carbonyl (C=O) groups excluding carboxylic acids is 1. The van der Waals surface area contributed by atoms with E-state index in [1.54, 1.807) is 12.1 Å². The molecule has 0 unspecified atom stereocenters. The molecule has 1 fully saturated rings. The highest BCUT2D eigenvalue weighted by molar-refractivity contribution is 6.33. The van der Waals surface area contributed by atoms with Crippen LogP contribution in [0.4, 0.5) is 5.69 Å². The van der Waals surface area contributed by atoms with Crippen LogP contribution in [0.1, 0.15) is 15.9 Å². The van der Waals surface area contributed by atoms with Crippen molar-refractivity contribution in [2.24, 2.45) is 0 Å². The molecule has 4 nitrogen and oxygen atoms in total. The molecule has 2 aromatic carbocycles. The molecule has 1 aliphatic heterocycles. The second-order valence-corrected chi connectivity index (χ2v) is 5.93. The van der Waals surface area contributed by atoms with Crippen LogP contribution >= 0.6 is 11.6 Å². The molecule has 0 spiro atoms. The van der Waals surface area contributed by atoms with Crippen molar-refractivity contribution >= 4 is 23.2 Å². The van der Waals surface area contributed by atoms with Crippen molar-refractivity contribution in [1.82, 2.24) is 4.90 Å². The Hall–Kier alpha value is -1.88. The summed E-state index contributed by atoms with van der Waals surface area (Å²) in [6, 6.07) is 14.9. The van der Waals surface area contributed by atoms with Gasteiger partial charge in [-0.2, -0.15) is 0 Å². The third kappa shape index (κ3) is 4.32. The number of ether oxygens (including phenoxy) is 1. The highest BCUT2D eigenvalue weighted by atomic mass is 35.5. The van der Waals surface area contributed by atoms with Crippen molar-refractivity contribution in [3.63, 3.8) is 0 Å². The minimum atomic E-state index is -0.151. The number of nitrogens with one attached hydrogen (secondary N) is 1. The van der Waals surface area contributed by atoms with Gasteiger partial charge in [0.05, 0.1) is 23.9 Å². The van der Waals surface area contributed by atoms with Gasteiger partial charge in [-0.05, 0) is 29.8 Å². The number of benzene rings is 2. The van der Waals surface area contributed by atoms with E-state index in [4.69, 9.17) is 16.3 Å². The molecular formula is C18H19ClN2O2. The molecule has 0 radical (unpaired) electrons. The van der Waals surface area contributed by atoms with E-state index >= 15 is 0 Å². The molecular weight excluding hydrogens is 312 g/mol. The van der Waals surface area contributed by atoms with Gasteiger partial charge < -0.3 is 10.1 Å². The third-order valence-corrected chi connectivity index (χ3v) is 4.15. The average Bonchev–Trinajstić information content (AvgIpc) is 2.58. The summed E-state index contributed by atoms with van der Waals surface area (Å²) in [6.07, 6.45) is 0. The van der Waals surface area contributed by atoms with Crippen LogP contribution in [0, 0.1) is 0 Å². The van der Waals surface area contributed by atoms with E-state index in [9.17, 15) is 4.79 Å². The van der Waals surface area contributed by atoms with Gasteiger partial charge in [0.25, 0.3) is 5.91 Å². The maximum atomic E-state index is 12.4. The number of carbonyl (C=O) groups is 1. The molecule has 1 amide bonds. The number of anilines is 1. The fourth-order valence-corrected chi connectivity index (χ4v) is 2.77. The molecule has 120 valence electrons. The smallest absolute Gasteiger partial charge is 0.255 e.